The predicted molar refractivity (Wildman–Crippen MR) is 77.8 cm³/mol. The molecule has 0 aromatic heterocycles. The summed E-state index contributed by atoms with van der Waals surface area (Å²) in [7, 11) is 0. The third-order valence-corrected chi connectivity index (χ3v) is 3.46. The summed E-state index contributed by atoms with van der Waals surface area (Å²) in [5.41, 5.74) is 4.56. The Hall–Kier alpha value is -1.40. The van der Waals surface area contributed by atoms with Gasteiger partial charge in [0.25, 0.3) is 5.91 Å². The van der Waals surface area contributed by atoms with E-state index in [1.165, 1.54) is 0 Å². The van der Waals surface area contributed by atoms with Crippen molar-refractivity contribution in [1.29, 1.82) is 0 Å². The van der Waals surface area contributed by atoms with Crippen LogP contribution in [0.1, 0.15) is 11.1 Å². The summed E-state index contributed by atoms with van der Waals surface area (Å²) < 4.78 is 0.931. The Balaban J connectivity index is 2.62. The molecule has 0 saturated heterocycles. The molecule has 3 N–H and O–H groups in total. The van der Waals surface area contributed by atoms with Crippen LogP contribution >= 0.6 is 22.6 Å². The van der Waals surface area contributed by atoms with Crippen molar-refractivity contribution < 1.29 is 9.90 Å². The van der Waals surface area contributed by atoms with Crippen molar-refractivity contribution in [1.82, 2.24) is 0 Å². The highest BCUT2D eigenvalue weighted by atomic mass is 127. The van der Waals surface area contributed by atoms with E-state index in [2.05, 4.69) is 22.6 Å². The minimum atomic E-state index is -1.79. The third kappa shape index (κ3) is 2.26. The summed E-state index contributed by atoms with van der Waals surface area (Å²) in [4.78, 5) is 11.7. The van der Waals surface area contributed by atoms with Crippen LogP contribution in [0.15, 0.2) is 54.6 Å². The molecule has 0 spiro atoms. The number of aliphatic hydroxyl groups is 1. The van der Waals surface area contributed by atoms with Gasteiger partial charge in [-0.2, -0.15) is 0 Å². The second-order valence-electron chi connectivity index (χ2n) is 3.95. The van der Waals surface area contributed by atoms with Crippen molar-refractivity contribution in [2.75, 3.05) is 0 Å². The van der Waals surface area contributed by atoms with Gasteiger partial charge < -0.3 is 10.8 Å². The lowest BCUT2D eigenvalue weighted by Gasteiger charge is -2.25. The molecule has 0 radical (unpaired) electrons. The van der Waals surface area contributed by atoms with Gasteiger partial charge in [0, 0.05) is 3.57 Å². The van der Waals surface area contributed by atoms with Crippen molar-refractivity contribution in [3.05, 3.63) is 69.3 Å². The van der Waals surface area contributed by atoms with Crippen LogP contribution in [-0.2, 0) is 10.4 Å². The smallest absolute Gasteiger partial charge is 0.258 e. The number of hydrogen-bond donors (Lipinski definition) is 2. The van der Waals surface area contributed by atoms with E-state index < -0.39 is 11.5 Å². The molecule has 0 aliphatic carbocycles. The van der Waals surface area contributed by atoms with Gasteiger partial charge in [0.05, 0.1) is 0 Å². The molecule has 0 saturated carbocycles. The van der Waals surface area contributed by atoms with E-state index in [0.29, 0.717) is 11.1 Å². The Morgan fingerprint density at radius 1 is 1.06 bits per heavy atom. The standard InChI is InChI=1S/C14H12INO2/c15-12-8-4-7-11(9-12)14(18,13(16)17)10-5-2-1-3-6-10/h1-9,18H,(H2,16,17). The summed E-state index contributed by atoms with van der Waals surface area (Å²) in [5, 5.41) is 10.7. The Labute approximate surface area is 119 Å². The predicted octanol–water partition coefficient (Wildman–Crippen LogP) is 2.01. The lowest BCUT2D eigenvalue weighted by atomic mass is 9.86. The van der Waals surface area contributed by atoms with E-state index >= 15 is 0 Å². The molecule has 1 atom stereocenters. The second kappa shape index (κ2) is 5.07. The van der Waals surface area contributed by atoms with Gasteiger partial charge in [-0.05, 0) is 45.9 Å². The normalized spacial score (nSPS) is 13.9. The van der Waals surface area contributed by atoms with E-state index in [1.54, 1.807) is 42.5 Å². The molecule has 2 aromatic carbocycles. The molecule has 3 nitrogen and oxygen atoms in total. The molecule has 18 heavy (non-hydrogen) atoms. The first-order chi connectivity index (χ1) is 8.55. The van der Waals surface area contributed by atoms with Crippen LogP contribution in [-0.4, -0.2) is 11.0 Å². The number of halogens is 1. The molecular formula is C14H12INO2. The number of carbonyl (C=O) groups is 1. The van der Waals surface area contributed by atoms with Gasteiger partial charge in [-0.15, -0.1) is 0 Å². The van der Waals surface area contributed by atoms with Crippen LogP contribution in [0.5, 0.6) is 0 Å². The van der Waals surface area contributed by atoms with E-state index in [0.717, 1.165) is 3.57 Å². The highest BCUT2D eigenvalue weighted by molar-refractivity contribution is 14.1. The second-order valence-corrected chi connectivity index (χ2v) is 5.20. The molecule has 0 heterocycles. The zero-order valence-electron chi connectivity index (χ0n) is 9.51. The minimum Gasteiger partial charge on any atom is -0.372 e. The molecule has 0 bridgehead atoms. The minimum absolute atomic E-state index is 0.472. The Morgan fingerprint density at radius 2 is 1.67 bits per heavy atom. The molecule has 0 fully saturated rings. The monoisotopic (exact) mass is 353 g/mol. The van der Waals surface area contributed by atoms with Crippen molar-refractivity contribution in [3.63, 3.8) is 0 Å². The van der Waals surface area contributed by atoms with E-state index in [1.807, 2.05) is 12.1 Å². The summed E-state index contributed by atoms with van der Waals surface area (Å²) in [6.07, 6.45) is 0. The highest BCUT2D eigenvalue weighted by Gasteiger charge is 2.38. The number of amides is 1. The van der Waals surface area contributed by atoms with Gasteiger partial charge in [0.2, 0.25) is 0 Å². The van der Waals surface area contributed by atoms with Crippen molar-refractivity contribution >= 4 is 28.5 Å². The van der Waals surface area contributed by atoms with Gasteiger partial charge >= 0.3 is 0 Å². The summed E-state index contributed by atoms with van der Waals surface area (Å²) in [6.45, 7) is 0. The molecule has 1 unspecified atom stereocenters. The topological polar surface area (TPSA) is 63.3 Å². The molecule has 92 valence electrons. The van der Waals surface area contributed by atoms with Crippen LogP contribution in [0.3, 0.4) is 0 Å². The average molecular weight is 353 g/mol. The van der Waals surface area contributed by atoms with E-state index in [-0.39, 0.29) is 0 Å². The maximum atomic E-state index is 11.7. The van der Waals surface area contributed by atoms with Crippen LogP contribution in [0.2, 0.25) is 0 Å². The zero-order valence-corrected chi connectivity index (χ0v) is 11.7. The molecule has 1 amide bonds. The number of carbonyl (C=O) groups excluding carboxylic acids is 1. The first-order valence-corrected chi connectivity index (χ1v) is 6.47. The quantitative estimate of drug-likeness (QED) is 0.830. The fourth-order valence-corrected chi connectivity index (χ4v) is 2.39. The first-order valence-electron chi connectivity index (χ1n) is 5.39. The molecule has 0 aliphatic heterocycles. The fraction of sp³-hybridized carbons (Fsp3) is 0.0714. The van der Waals surface area contributed by atoms with Crippen LogP contribution in [0, 0.1) is 3.57 Å². The van der Waals surface area contributed by atoms with Gasteiger partial charge in [-0.1, -0.05) is 42.5 Å². The average Bonchev–Trinajstić information content (AvgIpc) is 2.38. The maximum Gasteiger partial charge on any atom is 0.258 e. The van der Waals surface area contributed by atoms with Gasteiger partial charge in [0.1, 0.15) is 0 Å². The van der Waals surface area contributed by atoms with Crippen molar-refractivity contribution in [2.45, 2.75) is 5.60 Å². The zero-order chi connectivity index (χ0) is 13.2. The lowest BCUT2D eigenvalue weighted by molar-refractivity contribution is -0.133. The Bertz CT molecular complexity index is 571. The molecular weight excluding hydrogens is 341 g/mol. The van der Waals surface area contributed by atoms with Crippen molar-refractivity contribution in [3.8, 4) is 0 Å². The number of hydrogen-bond acceptors (Lipinski definition) is 2. The summed E-state index contributed by atoms with van der Waals surface area (Å²) in [6, 6.07) is 15.8. The largest absolute Gasteiger partial charge is 0.372 e. The number of rotatable bonds is 3. The van der Waals surface area contributed by atoms with E-state index in [9.17, 15) is 9.90 Å². The van der Waals surface area contributed by atoms with Crippen LogP contribution in [0.4, 0.5) is 0 Å². The van der Waals surface area contributed by atoms with Crippen molar-refractivity contribution in [2.24, 2.45) is 5.73 Å². The van der Waals surface area contributed by atoms with Gasteiger partial charge in [-0.3, -0.25) is 4.79 Å². The number of benzene rings is 2. The Morgan fingerprint density at radius 3 is 2.22 bits per heavy atom. The molecule has 0 aliphatic rings. The van der Waals surface area contributed by atoms with Crippen LogP contribution in [0.25, 0.3) is 0 Å². The summed E-state index contributed by atoms with van der Waals surface area (Å²) >= 11 is 2.13. The number of nitrogens with two attached hydrogens (primary N) is 1. The third-order valence-electron chi connectivity index (χ3n) is 2.79. The highest BCUT2D eigenvalue weighted by Crippen LogP contribution is 2.30. The maximum absolute atomic E-state index is 11.7. The number of primary amides is 1. The molecule has 4 heteroatoms. The fourth-order valence-electron chi connectivity index (χ4n) is 1.84. The Kier molecular flexibility index (Phi) is 3.68. The molecule has 2 rings (SSSR count). The van der Waals surface area contributed by atoms with Gasteiger partial charge in [-0.25, -0.2) is 0 Å². The first kappa shape index (κ1) is 13.0. The SMILES string of the molecule is NC(=O)C(O)(c1ccccc1)c1cccc(I)c1. The van der Waals surface area contributed by atoms with Crippen LogP contribution < -0.4 is 5.73 Å². The van der Waals surface area contributed by atoms with E-state index in [4.69, 9.17) is 5.73 Å². The summed E-state index contributed by atoms with van der Waals surface area (Å²) in [5.74, 6) is -0.782. The molecule has 2 aromatic rings. The lowest BCUT2D eigenvalue weighted by Crippen LogP contribution is -2.42. The van der Waals surface area contributed by atoms with Gasteiger partial charge in [0.15, 0.2) is 5.60 Å².